The van der Waals surface area contributed by atoms with Crippen LogP contribution in [0.15, 0.2) is 69.8 Å². The summed E-state index contributed by atoms with van der Waals surface area (Å²) in [6.07, 6.45) is 0. The van der Waals surface area contributed by atoms with Crippen molar-refractivity contribution in [1.29, 1.82) is 0 Å². The molecule has 1 aromatic heterocycles. The van der Waals surface area contributed by atoms with E-state index in [1.165, 1.54) is 36.5 Å². The predicted octanol–water partition coefficient (Wildman–Crippen LogP) is 4.00. The molecule has 3 rings (SSSR count). The van der Waals surface area contributed by atoms with Gasteiger partial charge in [-0.1, -0.05) is 23.8 Å². The van der Waals surface area contributed by atoms with Crippen molar-refractivity contribution in [2.24, 2.45) is 0 Å². The van der Waals surface area contributed by atoms with E-state index in [1.807, 2.05) is 6.92 Å². The van der Waals surface area contributed by atoms with Crippen molar-refractivity contribution < 1.29 is 21.2 Å². The Hall–Kier alpha value is -2.07. The molecule has 0 aliphatic rings. The third-order valence-electron chi connectivity index (χ3n) is 4.48. The zero-order valence-corrected chi connectivity index (χ0v) is 18.2. The van der Waals surface area contributed by atoms with Crippen LogP contribution in [0, 0.1) is 19.7 Å². The number of sulfonamides is 1. The summed E-state index contributed by atoms with van der Waals surface area (Å²) >= 11 is 1.24. The second kappa shape index (κ2) is 8.35. The van der Waals surface area contributed by atoms with Crippen LogP contribution in [0.3, 0.4) is 0 Å². The van der Waals surface area contributed by atoms with Crippen molar-refractivity contribution in [1.82, 2.24) is 4.72 Å². The lowest BCUT2D eigenvalue weighted by atomic mass is 10.2. The highest BCUT2D eigenvalue weighted by molar-refractivity contribution is 7.92. The van der Waals surface area contributed by atoms with Crippen LogP contribution in [-0.2, 0) is 19.9 Å². The molecule has 5 nitrogen and oxygen atoms in total. The van der Waals surface area contributed by atoms with Crippen LogP contribution in [0.25, 0.3) is 0 Å². The molecular formula is C20H20FNO4S3. The highest BCUT2D eigenvalue weighted by Gasteiger charge is 2.31. The Morgan fingerprint density at radius 3 is 2.21 bits per heavy atom. The molecule has 0 saturated carbocycles. The highest BCUT2D eigenvalue weighted by atomic mass is 32.2. The third-order valence-corrected chi connectivity index (χ3v) is 9.14. The van der Waals surface area contributed by atoms with E-state index < -0.39 is 30.9 Å². The number of aryl methyl sites for hydroxylation is 2. The number of halogens is 1. The topological polar surface area (TPSA) is 80.3 Å². The van der Waals surface area contributed by atoms with Crippen molar-refractivity contribution in [3.05, 3.63) is 81.8 Å². The SMILES string of the molecule is Cc1ccc(S(=O)(=O)[C@H](CNS(=O)(=O)c2ccc(F)c(C)c2)c2cccs2)cc1. The number of nitrogens with one attached hydrogen (secondary N) is 1. The molecule has 29 heavy (non-hydrogen) atoms. The smallest absolute Gasteiger partial charge is 0.223 e. The first-order chi connectivity index (χ1) is 13.6. The molecule has 1 atom stereocenters. The summed E-state index contributed by atoms with van der Waals surface area (Å²) in [7, 11) is -7.85. The number of thiophene rings is 1. The van der Waals surface area contributed by atoms with Crippen LogP contribution < -0.4 is 4.72 Å². The van der Waals surface area contributed by atoms with Gasteiger partial charge >= 0.3 is 0 Å². The van der Waals surface area contributed by atoms with Gasteiger partial charge in [-0.15, -0.1) is 11.3 Å². The minimum absolute atomic E-state index is 0.117. The van der Waals surface area contributed by atoms with Gasteiger partial charge in [-0.05, 0) is 61.2 Å². The summed E-state index contributed by atoms with van der Waals surface area (Å²) in [5.74, 6) is -0.512. The van der Waals surface area contributed by atoms with Gasteiger partial charge in [-0.25, -0.2) is 25.9 Å². The Kier molecular flexibility index (Phi) is 6.23. The fraction of sp³-hybridized carbons (Fsp3) is 0.200. The summed E-state index contributed by atoms with van der Waals surface area (Å²) in [6.45, 7) is 2.98. The fourth-order valence-electron chi connectivity index (χ4n) is 2.78. The van der Waals surface area contributed by atoms with Gasteiger partial charge in [0.05, 0.1) is 9.79 Å². The maximum atomic E-state index is 13.5. The summed E-state index contributed by atoms with van der Waals surface area (Å²) < 4.78 is 67.6. The molecule has 0 amide bonds. The van der Waals surface area contributed by atoms with E-state index in [9.17, 15) is 21.2 Å². The molecule has 0 saturated heterocycles. The zero-order chi connectivity index (χ0) is 21.2. The van der Waals surface area contributed by atoms with E-state index in [4.69, 9.17) is 0 Å². The minimum Gasteiger partial charge on any atom is -0.223 e. The first-order valence-corrected chi connectivity index (χ1v) is 12.6. The average molecular weight is 454 g/mol. The molecule has 9 heteroatoms. The molecule has 0 spiro atoms. The molecule has 0 aliphatic heterocycles. The number of benzene rings is 2. The normalized spacial score (nSPS) is 13.3. The lowest BCUT2D eigenvalue weighted by molar-refractivity contribution is 0.569. The van der Waals surface area contributed by atoms with Crippen LogP contribution >= 0.6 is 11.3 Å². The van der Waals surface area contributed by atoms with Crippen LogP contribution in [0.5, 0.6) is 0 Å². The van der Waals surface area contributed by atoms with Gasteiger partial charge in [0.15, 0.2) is 9.84 Å². The number of rotatable bonds is 7. The Morgan fingerprint density at radius 2 is 1.62 bits per heavy atom. The van der Waals surface area contributed by atoms with Crippen LogP contribution in [0.4, 0.5) is 4.39 Å². The standard InChI is InChI=1S/C20H20FNO4S3/c1-14-5-7-16(8-6-14)28(23,24)20(19-4-3-11-27-19)13-22-29(25,26)17-9-10-18(21)15(2)12-17/h3-12,20,22H,13H2,1-2H3/t20-/m1/s1. The second-order valence-corrected chi connectivity index (χ2v) is 11.5. The van der Waals surface area contributed by atoms with Crippen molar-refractivity contribution in [2.45, 2.75) is 28.9 Å². The molecule has 0 fully saturated rings. The van der Waals surface area contributed by atoms with Crippen LogP contribution in [0.2, 0.25) is 0 Å². The van der Waals surface area contributed by atoms with E-state index in [0.717, 1.165) is 17.7 Å². The maximum Gasteiger partial charge on any atom is 0.240 e. The molecule has 0 unspecified atom stereocenters. The highest BCUT2D eigenvalue weighted by Crippen LogP contribution is 2.32. The summed E-state index contributed by atoms with van der Waals surface area (Å²) in [6, 6.07) is 13.3. The average Bonchev–Trinajstić information content (AvgIpc) is 3.18. The summed E-state index contributed by atoms with van der Waals surface area (Å²) in [5, 5.41) is 0.659. The second-order valence-electron chi connectivity index (χ2n) is 6.63. The number of hydrogen-bond donors (Lipinski definition) is 1. The first kappa shape index (κ1) is 21.6. The van der Waals surface area contributed by atoms with Gasteiger partial charge in [-0.3, -0.25) is 0 Å². The van der Waals surface area contributed by atoms with Gasteiger partial charge in [0, 0.05) is 11.4 Å². The van der Waals surface area contributed by atoms with Crippen molar-refractivity contribution in [3.8, 4) is 0 Å². The Morgan fingerprint density at radius 1 is 0.966 bits per heavy atom. The van der Waals surface area contributed by atoms with Crippen molar-refractivity contribution >= 4 is 31.2 Å². The predicted molar refractivity (Wildman–Crippen MR) is 112 cm³/mol. The fourth-order valence-corrected chi connectivity index (χ4v) is 6.80. The molecular weight excluding hydrogens is 433 g/mol. The van der Waals surface area contributed by atoms with Crippen LogP contribution in [-0.4, -0.2) is 23.4 Å². The molecule has 154 valence electrons. The van der Waals surface area contributed by atoms with Crippen LogP contribution in [0.1, 0.15) is 21.3 Å². The molecule has 0 aliphatic carbocycles. The van der Waals surface area contributed by atoms with E-state index in [1.54, 1.807) is 29.6 Å². The Bertz CT molecular complexity index is 1200. The van der Waals surface area contributed by atoms with E-state index in [0.29, 0.717) is 4.88 Å². The van der Waals surface area contributed by atoms with Gasteiger partial charge in [0.2, 0.25) is 10.0 Å². The van der Waals surface area contributed by atoms with E-state index in [2.05, 4.69) is 4.72 Å². The molecule has 1 N–H and O–H groups in total. The number of hydrogen-bond acceptors (Lipinski definition) is 5. The third kappa shape index (κ3) is 4.75. The largest absolute Gasteiger partial charge is 0.240 e. The van der Waals surface area contributed by atoms with Gasteiger partial charge in [-0.2, -0.15) is 0 Å². The number of sulfone groups is 1. The molecule has 1 heterocycles. The Balaban J connectivity index is 1.93. The van der Waals surface area contributed by atoms with Crippen molar-refractivity contribution in [2.75, 3.05) is 6.54 Å². The molecule has 0 bridgehead atoms. The Labute approximate surface area is 174 Å². The summed E-state index contributed by atoms with van der Waals surface area (Å²) in [4.78, 5) is 0.538. The quantitative estimate of drug-likeness (QED) is 0.586. The monoisotopic (exact) mass is 453 g/mol. The molecule has 0 radical (unpaired) electrons. The lowest BCUT2D eigenvalue weighted by Gasteiger charge is -2.18. The van der Waals surface area contributed by atoms with E-state index >= 15 is 0 Å². The van der Waals surface area contributed by atoms with Gasteiger partial charge < -0.3 is 0 Å². The van der Waals surface area contributed by atoms with Crippen molar-refractivity contribution in [3.63, 3.8) is 0 Å². The molecule has 2 aromatic carbocycles. The summed E-state index contributed by atoms with van der Waals surface area (Å²) in [5.41, 5.74) is 1.11. The van der Waals surface area contributed by atoms with E-state index in [-0.39, 0.29) is 21.9 Å². The maximum absolute atomic E-state index is 13.5. The first-order valence-electron chi connectivity index (χ1n) is 8.71. The van der Waals surface area contributed by atoms with Gasteiger partial charge in [0.25, 0.3) is 0 Å². The minimum atomic E-state index is -4.01. The molecule has 3 aromatic rings. The lowest BCUT2D eigenvalue weighted by Crippen LogP contribution is -2.31. The van der Waals surface area contributed by atoms with Gasteiger partial charge in [0.1, 0.15) is 11.1 Å². The zero-order valence-electron chi connectivity index (χ0n) is 15.8.